The standard InChI is InChI=1S/C25H27NO4/c1-18(16-19-14-15-22(28-2)23(17-19)29-3)26-30-25(27)24(20-10-6-4-7-11-20)21-12-8-5-9-13-21/h4-15,17-18,24,26H,16H2,1-3H3/t18-/m1/s1. The van der Waals surface area contributed by atoms with Crippen LogP contribution >= 0.6 is 0 Å². The Morgan fingerprint density at radius 1 is 0.833 bits per heavy atom. The molecule has 0 aliphatic carbocycles. The lowest BCUT2D eigenvalue weighted by molar-refractivity contribution is -0.153. The minimum Gasteiger partial charge on any atom is -0.493 e. The molecule has 0 saturated carbocycles. The molecule has 0 unspecified atom stereocenters. The molecule has 5 heteroatoms. The van der Waals surface area contributed by atoms with Gasteiger partial charge in [0.25, 0.3) is 0 Å². The topological polar surface area (TPSA) is 56.8 Å². The molecule has 3 aromatic rings. The summed E-state index contributed by atoms with van der Waals surface area (Å²) < 4.78 is 10.6. The molecule has 1 N–H and O–H groups in total. The molecule has 1 atom stereocenters. The molecule has 0 fully saturated rings. The van der Waals surface area contributed by atoms with Crippen molar-refractivity contribution >= 4 is 5.97 Å². The molecule has 30 heavy (non-hydrogen) atoms. The van der Waals surface area contributed by atoms with Crippen molar-refractivity contribution in [3.8, 4) is 11.5 Å². The van der Waals surface area contributed by atoms with Crippen LogP contribution in [0.25, 0.3) is 0 Å². The molecule has 0 aromatic heterocycles. The van der Waals surface area contributed by atoms with Crippen LogP contribution in [0.4, 0.5) is 0 Å². The fourth-order valence-corrected chi connectivity index (χ4v) is 3.38. The predicted octanol–water partition coefficient (Wildman–Crippen LogP) is 4.51. The van der Waals surface area contributed by atoms with Gasteiger partial charge in [-0.05, 0) is 42.2 Å². The van der Waals surface area contributed by atoms with E-state index in [9.17, 15) is 4.79 Å². The summed E-state index contributed by atoms with van der Waals surface area (Å²) in [6.07, 6.45) is 0.662. The fourth-order valence-electron chi connectivity index (χ4n) is 3.38. The summed E-state index contributed by atoms with van der Waals surface area (Å²) in [5, 5.41) is 0. The van der Waals surface area contributed by atoms with E-state index in [1.165, 1.54) is 0 Å². The normalized spacial score (nSPS) is 11.7. The summed E-state index contributed by atoms with van der Waals surface area (Å²) >= 11 is 0. The maximum absolute atomic E-state index is 13.0. The number of methoxy groups -OCH3 is 2. The van der Waals surface area contributed by atoms with E-state index in [1.54, 1.807) is 14.2 Å². The number of ether oxygens (including phenoxy) is 2. The van der Waals surface area contributed by atoms with E-state index >= 15 is 0 Å². The van der Waals surface area contributed by atoms with Crippen molar-refractivity contribution in [1.82, 2.24) is 5.48 Å². The van der Waals surface area contributed by atoms with Crippen molar-refractivity contribution in [2.75, 3.05) is 14.2 Å². The highest BCUT2D eigenvalue weighted by atomic mass is 16.7. The average Bonchev–Trinajstić information content (AvgIpc) is 2.79. The molecular weight excluding hydrogens is 378 g/mol. The van der Waals surface area contributed by atoms with Gasteiger partial charge in [0.05, 0.1) is 14.2 Å². The van der Waals surface area contributed by atoms with E-state index in [0.717, 1.165) is 16.7 Å². The molecule has 0 amide bonds. The number of nitrogens with one attached hydrogen (secondary N) is 1. The zero-order chi connectivity index (χ0) is 21.3. The van der Waals surface area contributed by atoms with Gasteiger partial charge in [0.1, 0.15) is 5.92 Å². The third kappa shape index (κ3) is 5.39. The molecule has 3 aromatic carbocycles. The van der Waals surface area contributed by atoms with Crippen LogP contribution in [-0.2, 0) is 16.1 Å². The molecule has 156 valence electrons. The molecule has 5 nitrogen and oxygen atoms in total. The summed E-state index contributed by atoms with van der Waals surface area (Å²) in [5.74, 6) is 0.522. The third-order valence-corrected chi connectivity index (χ3v) is 4.85. The van der Waals surface area contributed by atoms with Crippen LogP contribution in [0.5, 0.6) is 11.5 Å². The van der Waals surface area contributed by atoms with Crippen molar-refractivity contribution in [2.45, 2.75) is 25.3 Å². The highest BCUT2D eigenvalue weighted by molar-refractivity contribution is 5.82. The van der Waals surface area contributed by atoms with Gasteiger partial charge in [0, 0.05) is 6.04 Å². The number of benzene rings is 3. The van der Waals surface area contributed by atoms with E-state index in [2.05, 4.69) is 5.48 Å². The molecule has 0 saturated heterocycles. The Balaban J connectivity index is 1.67. The number of carbonyl (C=O) groups is 1. The maximum Gasteiger partial charge on any atom is 0.336 e. The van der Waals surface area contributed by atoms with Gasteiger partial charge in [-0.2, -0.15) is 0 Å². The van der Waals surface area contributed by atoms with Gasteiger partial charge < -0.3 is 14.3 Å². The van der Waals surface area contributed by atoms with Gasteiger partial charge in [-0.3, -0.25) is 0 Å². The van der Waals surface area contributed by atoms with Crippen LogP contribution < -0.4 is 15.0 Å². The van der Waals surface area contributed by atoms with Crippen molar-refractivity contribution in [3.05, 3.63) is 95.6 Å². The van der Waals surface area contributed by atoms with Crippen LogP contribution in [-0.4, -0.2) is 26.2 Å². The van der Waals surface area contributed by atoms with Crippen LogP contribution in [0, 0.1) is 0 Å². The van der Waals surface area contributed by atoms with E-state index in [1.807, 2.05) is 85.8 Å². The van der Waals surface area contributed by atoms with Crippen LogP contribution in [0.1, 0.15) is 29.5 Å². The Kier molecular flexibility index (Phi) is 7.46. The van der Waals surface area contributed by atoms with Crippen molar-refractivity contribution in [2.24, 2.45) is 0 Å². The van der Waals surface area contributed by atoms with E-state index in [-0.39, 0.29) is 12.0 Å². The average molecular weight is 405 g/mol. The monoisotopic (exact) mass is 405 g/mol. The summed E-state index contributed by atoms with van der Waals surface area (Å²) in [6, 6.07) is 25.0. The highest BCUT2D eigenvalue weighted by Gasteiger charge is 2.25. The summed E-state index contributed by atoms with van der Waals surface area (Å²) in [7, 11) is 3.22. The molecule has 0 aliphatic rings. The number of rotatable bonds is 9. The second-order valence-electron chi connectivity index (χ2n) is 7.09. The first-order valence-corrected chi connectivity index (χ1v) is 9.89. The SMILES string of the molecule is COc1ccc(C[C@@H](C)NOC(=O)C(c2ccccc2)c2ccccc2)cc1OC. The first-order chi connectivity index (χ1) is 14.6. The zero-order valence-corrected chi connectivity index (χ0v) is 17.5. The van der Waals surface area contributed by atoms with Gasteiger partial charge in [0.2, 0.25) is 0 Å². The van der Waals surface area contributed by atoms with Gasteiger partial charge in [0.15, 0.2) is 11.5 Å². The first-order valence-electron chi connectivity index (χ1n) is 9.89. The Bertz CT molecular complexity index is 904. The summed E-state index contributed by atoms with van der Waals surface area (Å²) in [4.78, 5) is 18.5. The first kappa shape index (κ1) is 21.4. The van der Waals surface area contributed by atoms with Gasteiger partial charge in [-0.15, -0.1) is 5.48 Å². The molecule has 0 heterocycles. The molecule has 3 rings (SSSR count). The van der Waals surface area contributed by atoms with Crippen LogP contribution in [0.2, 0.25) is 0 Å². The summed E-state index contributed by atoms with van der Waals surface area (Å²) in [6.45, 7) is 1.96. The molecule has 0 aliphatic heterocycles. The maximum atomic E-state index is 13.0. The minimum absolute atomic E-state index is 0.0840. The van der Waals surface area contributed by atoms with Crippen molar-refractivity contribution in [1.29, 1.82) is 0 Å². The van der Waals surface area contributed by atoms with E-state index < -0.39 is 5.92 Å². The Hall–Kier alpha value is -3.31. The quantitative estimate of drug-likeness (QED) is 0.531. The molecular formula is C25H27NO4. The molecule has 0 bridgehead atoms. The lowest BCUT2D eigenvalue weighted by Crippen LogP contribution is -2.33. The molecule has 0 spiro atoms. The third-order valence-electron chi connectivity index (χ3n) is 4.85. The lowest BCUT2D eigenvalue weighted by Gasteiger charge is -2.19. The Labute approximate surface area is 177 Å². The number of hydrogen-bond donors (Lipinski definition) is 1. The lowest BCUT2D eigenvalue weighted by atomic mass is 9.91. The zero-order valence-electron chi connectivity index (χ0n) is 17.5. The number of carbonyl (C=O) groups excluding carboxylic acids is 1. The number of hydrogen-bond acceptors (Lipinski definition) is 5. The summed E-state index contributed by atoms with van der Waals surface area (Å²) in [5.41, 5.74) is 5.73. The fraction of sp³-hybridized carbons (Fsp3) is 0.240. The van der Waals surface area contributed by atoms with Crippen LogP contribution in [0.3, 0.4) is 0 Å². The second kappa shape index (κ2) is 10.5. The Morgan fingerprint density at radius 2 is 1.40 bits per heavy atom. The van der Waals surface area contributed by atoms with Crippen molar-refractivity contribution in [3.63, 3.8) is 0 Å². The van der Waals surface area contributed by atoms with Crippen molar-refractivity contribution < 1.29 is 19.1 Å². The van der Waals surface area contributed by atoms with Gasteiger partial charge >= 0.3 is 5.97 Å². The number of hydroxylamine groups is 1. The predicted molar refractivity (Wildman–Crippen MR) is 117 cm³/mol. The van der Waals surface area contributed by atoms with E-state index in [4.69, 9.17) is 14.3 Å². The van der Waals surface area contributed by atoms with Crippen LogP contribution in [0.15, 0.2) is 78.9 Å². The van der Waals surface area contributed by atoms with Gasteiger partial charge in [-0.1, -0.05) is 66.7 Å². The minimum atomic E-state index is -0.492. The Morgan fingerprint density at radius 3 is 1.93 bits per heavy atom. The highest BCUT2D eigenvalue weighted by Crippen LogP contribution is 2.28. The van der Waals surface area contributed by atoms with E-state index in [0.29, 0.717) is 17.9 Å². The largest absolute Gasteiger partial charge is 0.493 e. The van der Waals surface area contributed by atoms with Gasteiger partial charge in [-0.25, -0.2) is 4.79 Å². The molecule has 0 radical (unpaired) electrons. The smallest absolute Gasteiger partial charge is 0.336 e. The second-order valence-corrected chi connectivity index (χ2v) is 7.09.